The number of hydrogen-bond acceptors (Lipinski definition) is 4. The minimum Gasteiger partial charge on any atom is -0.497 e. The van der Waals surface area contributed by atoms with Crippen molar-refractivity contribution in [3.63, 3.8) is 0 Å². The number of carbonyl (C=O) groups excluding carboxylic acids is 2. The molecule has 0 heterocycles. The number of hydrogen-bond donors (Lipinski definition) is 1. The maximum absolute atomic E-state index is 11.9. The van der Waals surface area contributed by atoms with E-state index in [9.17, 15) is 9.59 Å². The van der Waals surface area contributed by atoms with Crippen molar-refractivity contribution in [2.75, 3.05) is 37.5 Å². The number of anilines is 1. The summed E-state index contributed by atoms with van der Waals surface area (Å²) in [6.07, 6.45) is 1.86. The second-order valence-corrected chi connectivity index (χ2v) is 4.99. The van der Waals surface area contributed by atoms with E-state index in [4.69, 9.17) is 4.74 Å². The molecule has 0 fully saturated rings. The van der Waals surface area contributed by atoms with Gasteiger partial charge in [0.1, 0.15) is 5.75 Å². The second kappa shape index (κ2) is 8.47. The standard InChI is InChI=1S/C14H20N2O3S/c1-4-16(14(18)10-20-3)9-13(17)15-11-6-5-7-12(8-11)19-2/h5-8H,4,9-10H2,1-3H3,(H,15,17). The summed E-state index contributed by atoms with van der Waals surface area (Å²) >= 11 is 1.45. The molecule has 0 saturated heterocycles. The van der Waals surface area contributed by atoms with Crippen LogP contribution < -0.4 is 10.1 Å². The second-order valence-electron chi connectivity index (χ2n) is 4.12. The Morgan fingerprint density at radius 2 is 2.15 bits per heavy atom. The molecule has 1 rings (SSSR count). The molecule has 1 N–H and O–H groups in total. The lowest BCUT2D eigenvalue weighted by atomic mass is 10.3. The fraction of sp³-hybridized carbons (Fsp3) is 0.429. The van der Waals surface area contributed by atoms with E-state index in [1.54, 1.807) is 31.4 Å². The highest BCUT2D eigenvalue weighted by Crippen LogP contribution is 2.16. The summed E-state index contributed by atoms with van der Waals surface area (Å²) in [4.78, 5) is 25.2. The van der Waals surface area contributed by atoms with E-state index >= 15 is 0 Å². The van der Waals surface area contributed by atoms with Crippen molar-refractivity contribution in [3.8, 4) is 5.75 Å². The summed E-state index contributed by atoms with van der Waals surface area (Å²) < 4.78 is 5.09. The average molecular weight is 296 g/mol. The van der Waals surface area contributed by atoms with Gasteiger partial charge in [0.15, 0.2) is 0 Å². The zero-order valence-electron chi connectivity index (χ0n) is 12.0. The first-order valence-electron chi connectivity index (χ1n) is 6.31. The van der Waals surface area contributed by atoms with Crippen LogP contribution in [0.15, 0.2) is 24.3 Å². The van der Waals surface area contributed by atoms with Gasteiger partial charge in [-0.15, -0.1) is 0 Å². The van der Waals surface area contributed by atoms with Gasteiger partial charge < -0.3 is 15.0 Å². The third-order valence-electron chi connectivity index (χ3n) is 2.69. The summed E-state index contributed by atoms with van der Waals surface area (Å²) in [7, 11) is 1.57. The van der Waals surface area contributed by atoms with Crippen LogP contribution in [0.25, 0.3) is 0 Å². The van der Waals surface area contributed by atoms with Crippen LogP contribution in [0.4, 0.5) is 5.69 Å². The summed E-state index contributed by atoms with van der Waals surface area (Å²) in [5.74, 6) is 0.823. The zero-order chi connectivity index (χ0) is 15.0. The number of nitrogens with one attached hydrogen (secondary N) is 1. The first kappa shape index (κ1) is 16.4. The van der Waals surface area contributed by atoms with Gasteiger partial charge in [-0.05, 0) is 25.3 Å². The third-order valence-corrected chi connectivity index (χ3v) is 3.23. The highest BCUT2D eigenvalue weighted by atomic mass is 32.2. The van der Waals surface area contributed by atoms with E-state index in [0.29, 0.717) is 23.7 Å². The number of rotatable bonds is 7. The van der Waals surface area contributed by atoms with Crippen molar-refractivity contribution in [2.24, 2.45) is 0 Å². The zero-order valence-corrected chi connectivity index (χ0v) is 12.8. The normalized spacial score (nSPS) is 9.95. The smallest absolute Gasteiger partial charge is 0.243 e. The molecule has 1 aromatic rings. The molecule has 0 atom stereocenters. The van der Waals surface area contributed by atoms with E-state index in [-0.39, 0.29) is 18.4 Å². The van der Waals surface area contributed by atoms with Gasteiger partial charge in [-0.3, -0.25) is 9.59 Å². The van der Waals surface area contributed by atoms with Gasteiger partial charge in [0.2, 0.25) is 11.8 Å². The third kappa shape index (κ3) is 5.13. The van der Waals surface area contributed by atoms with Crippen LogP contribution in [0.1, 0.15) is 6.92 Å². The Morgan fingerprint density at radius 1 is 1.40 bits per heavy atom. The molecule has 20 heavy (non-hydrogen) atoms. The van der Waals surface area contributed by atoms with Crippen LogP contribution in [-0.2, 0) is 9.59 Å². The van der Waals surface area contributed by atoms with Gasteiger partial charge >= 0.3 is 0 Å². The largest absolute Gasteiger partial charge is 0.497 e. The van der Waals surface area contributed by atoms with Crippen molar-refractivity contribution >= 4 is 29.3 Å². The van der Waals surface area contributed by atoms with E-state index in [1.165, 1.54) is 16.7 Å². The minimum absolute atomic E-state index is 0.0270. The first-order valence-corrected chi connectivity index (χ1v) is 7.70. The number of benzene rings is 1. The predicted molar refractivity (Wildman–Crippen MR) is 82.3 cm³/mol. The Bertz CT molecular complexity index is 465. The Kier molecular flexibility index (Phi) is 6.93. The summed E-state index contributed by atoms with van der Waals surface area (Å²) in [6.45, 7) is 2.44. The van der Waals surface area contributed by atoms with Gasteiger partial charge in [0, 0.05) is 18.3 Å². The van der Waals surface area contributed by atoms with Gasteiger partial charge in [0.05, 0.1) is 19.4 Å². The highest BCUT2D eigenvalue weighted by Gasteiger charge is 2.15. The van der Waals surface area contributed by atoms with Crippen LogP contribution in [0, 0.1) is 0 Å². The molecule has 6 heteroatoms. The lowest BCUT2D eigenvalue weighted by molar-refractivity contribution is -0.132. The fourth-order valence-electron chi connectivity index (χ4n) is 1.67. The summed E-state index contributed by atoms with van der Waals surface area (Å²) in [6, 6.07) is 7.11. The van der Waals surface area contributed by atoms with Crippen molar-refractivity contribution in [1.82, 2.24) is 4.90 Å². The van der Waals surface area contributed by atoms with Crippen molar-refractivity contribution < 1.29 is 14.3 Å². The molecule has 1 aromatic carbocycles. The van der Waals surface area contributed by atoms with Gasteiger partial charge in [-0.25, -0.2) is 0 Å². The minimum atomic E-state index is -0.213. The Balaban J connectivity index is 2.59. The SMILES string of the molecule is CCN(CC(=O)Nc1cccc(OC)c1)C(=O)CSC. The van der Waals surface area contributed by atoms with E-state index in [2.05, 4.69) is 5.32 Å². The molecule has 0 aliphatic rings. The summed E-state index contributed by atoms with van der Waals surface area (Å²) in [5.41, 5.74) is 0.655. The molecule has 0 unspecified atom stereocenters. The number of thioether (sulfide) groups is 1. The van der Waals surface area contributed by atoms with Crippen LogP contribution in [0.3, 0.4) is 0 Å². The fourth-order valence-corrected chi connectivity index (χ4v) is 2.10. The van der Waals surface area contributed by atoms with Gasteiger partial charge in [-0.2, -0.15) is 11.8 Å². The van der Waals surface area contributed by atoms with Crippen molar-refractivity contribution in [2.45, 2.75) is 6.92 Å². The molecule has 2 amide bonds. The molecule has 0 aliphatic carbocycles. The topological polar surface area (TPSA) is 58.6 Å². The van der Waals surface area contributed by atoms with Crippen LogP contribution in [0.5, 0.6) is 5.75 Å². The van der Waals surface area contributed by atoms with Crippen molar-refractivity contribution in [3.05, 3.63) is 24.3 Å². The molecule has 0 aromatic heterocycles. The van der Waals surface area contributed by atoms with Crippen molar-refractivity contribution in [1.29, 1.82) is 0 Å². The van der Waals surface area contributed by atoms with Gasteiger partial charge in [-0.1, -0.05) is 6.07 Å². The maximum atomic E-state index is 11.9. The molecule has 110 valence electrons. The monoisotopic (exact) mass is 296 g/mol. The highest BCUT2D eigenvalue weighted by molar-refractivity contribution is 7.99. The first-order chi connectivity index (χ1) is 9.60. The number of methoxy groups -OCH3 is 1. The Morgan fingerprint density at radius 3 is 2.75 bits per heavy atom. The number of carbonyl (C=O) groups is 2. The lowest BCUT2D eigenvalue weighted by Gasteiger charge is -2.20. The number of amides is 2. The molecule has 0 saturated carbocycles. The average Bonchev–Trinajstić information content (AvgIpc) is 2.45. The molecule has 0 spiro atoms. The molecule has 5 nitrogen and oxygen atoms in total. The molecule has 0 radical (unpaired) electrons. The number of ether oxygens (including phenoxy) is 1. The summed E-state index contributed by atoms with van der Waals surface area (Å²) in [5, 5.41) is 2.76. The predicted octanol–water partition coefficient (Wildman–Crippen LogP) is 1.85. The quantitative estimate of drug-likeness (QED) is 0.834. The number of nitrogens with zero attached hydrogens (tertiary/aromatic N) is 1. The molecule has 0 aliphatic heterocycles. The Labute approximate surface area is 123 Å². The molecular weight excluding hydrogens is 276 g/mol. The van der Waals surface area contributed by atoms with E-state index in [1.807, 2.05) is 13.2 Å². The van der Waals surface area contributed by atoms with Crippen LogP contribution in [0.2, 0.25) is 0 Å². The number of likely N-dealkylation sites (N-methyl/N-ethyl adjacent to an activating group) is 1. The van der Waals surface area contributed by atoms with Crippen LogP contribution in [-0.4, -0.2) is 48.9 Å². The van der Waals surface area contributed by atoms with Crippen LogP contribution >= 0.6 is 11.8 Å². The van der Waals surface area contributed by atoms with E-state index in [0.717, 1.165) is 0 Å². The maximum Gasteiger partial charge on any atom is 0.243 e. The molecule has 0 bridgehead atoms. The van der Waals surface area contributed by atoms with E-state index < -0.39 is 0 Å². The molecular formula is C14H20N2O3S. The van der Waals surface area contributed by atoms with Gasteiger partial charge in [0.25, 0.3) is 0 Å². The Hall–Kier alpha value is -1.69. The lowest BCUT2D eigenvalue weighted by Crippen LogP contribution is -2.38.